The lowest BCUT2D eigenvalue weighted by molar-refractivity contribution is -0.127. The lowest BCUT2D eigenvalue weighted by atomic mass is 9.66. The zero-order chi connectivity index (χ0) is 34.2. The summed E-state index contributed by atoms with van der Waals surface area (Å²) < 4.78 is 37.6. The molecule has 1 aliphatic heterocycles. The molecule has 0 unspecified atom stereocenters. The van der Waals surface area contributed by atoms with E-state index in [0.29, 0.717) is 18.7 Å². The Bertz CT molecular complexity index is 2080. The van der Waals surface area contributed by atoms with Crippen molar-refractivity contribution in [3.63, 3.8) is 0 Å². The maximum atomic E-state index is 14.2. The van der Waals surface area contributed by atoms with Gasteiger partial charge in [-0.3, -0.25) is 4.79 Å². The fraction of sp³-hybridized carbons (Fsp3) is 0.378. The number of carbonyl (C=O) groups excluding carboxylic acids is 1. The van der Waals surface area contributed by atoms with Gasteiger partial charge >= 0.3 is 0 Å². The Kier molecular flexibility index (Phi) is 9.19. The van der Waals surface area contributed by atoms with Crippen molar-refractivity contribution in [2.24, 2.45) is 5.41 Å². The Balaban J connectivity index is 1.46. The maximum Gasteiger partial charge on any atom is 0.247 e. The highest BCUT2D eigenvalue weighted by molar-refractivity contribution is 7.89. The molecule has 1 aliphatic rings. The van der Waals surface area contributed by atoms with Gasteiger partial charge in [0.1, 0.15) is 34.4 Å². The van der Waals surface area contributed by atoms with Gasteiger partial charge < -0.3 is 4.74 Å². The number of nitrogens with zero attached hydrogens (tertiary/aromatic N) is 6. The zero-order valence-corrected chi connectivity index (χ0v) is 29.2. The Hall–Kier alpha value is -4.48. The predicted octanol–water partition coefficient (Wildman–Crippen LogP) is 6.19. The summed E-state index contributed by atoms with van der Waals surface area (Å²) in [7, 11) is -3.85. The number of Topliss-reactive ketones (excluding diaryl/α,β-unsaturated/α-hetero) is 1. The first-order valence-electron chi connectivity index (χ1n) is 16.4. The summed E-state index contributed by atoms with van der Waals surface area (Å²) in [6.45, 7) is 13.1. The molecule has 0 bridgehead atoms. The van der Waals surface area contributed by atoms with Crippen molar-refractivity contribution in [1.29, 1.82) is 0 Å². The number of hydrogen-bond donors (Lipinski definition) is 0. The molecule has 0 saturated carbocycles. The lowest BCUT2D eigenvalue weighted by Gasteiger charge is -2.35. The molecule has 0 N–H and O–H groups in total. The third kappa shape index (κ3) is 6.12. The van der Waals surface area contributed by atoms with Gasteiger partial charge in [-0.15, -0.1) is 5.10 Å². The molecule has 3 aromatic carbocycles. The van der Waals surface area contributed by atoms with Crippen LogP contribution in [0.3, 0.4) is 0 Å². The van der Waals surface area contributed by atoms with Crippen LogP contribution < -0.4 is 4.74 Å². The molecule has 0 amide bonds. The second kappa shape index (κ2) is 13.2. The van der Waals surface area contributed by atoms with E-state index in [-0.39, 0.29) is 42.2 Å². The van der Waals surface area contributed by atoms with Gasteiger partial charge in [-0.05, 0) is 78.8 Å². The van der Waals surface area contributed by atoms with Crippen molar-refractivity contribution >= 4 is 26.8 Å². The van der Waals surface area contributed by atoms with Crippen molar-refractivity contribution in [2.75, 3.05) is 6.54 Å². The van der Waals surface area contributed by atoms with E-state index in [1.165, 1.54) is 10.6 Å². The predicted molar refractivity (Wildman–Crippen MR) is 184 cm³/mol. The van der Waals surface area contributed by atoms with E-state index >= 15 is 0 Å². The molecule has 2 atom stereocenters. The largest absolute Gasteiger partial charge is 0.488 e. The summed E-state index contributed by atoms with van der Waals surface area (Å²) in [6, 6.07) is 17.1. The third-order valence-corrected chi connectivity index (χ3v) is 11.5. The normalized spacial score (nSPS) is 17.0. The van der Waals surface area contributed by atoms with Gasteiger partial charge in [-0.25, -0.2) is 23.1 Å². The van der Waals surface area contributed by atoms with Crippen LogP contribution in [0.25, 0.3) is 11.0 Å². The maximum absolute atomic E-state index is 14.2. The van der Waals surface area contributed by atoms with Crippen LogP contribution in [0.15, 0.2) is 78.2 Å². The Morgan fingerprint density at radius 2 is 1.79 bits per heavy atom. The lowest BCUT2D eigenvalue weighted by Crippen LogP contribution is -2.37. The van der Waals surface area contributed by atoms with Crippen molar-refractivity contribution < 1.29 is 17.9 Å². The van der Waals surface area contributed by atoms with Crippen LogP contribution >= 0.6 is 0 Å². The number of benzene rings is 3. The molecule has 5 aromatic rings. The van der Waals surface area contributed by atoms with E-state index in [1.54, 1.807) is 36.7 Å². The van der Waals surface area contributed by atoms with Crippen molar-refractivity contribution in [3.8, 4) is 5.75 Å². The minimum Gasteiger partial charge on any atom is -0.488 e. The summed E-state index contributed by atoms with van der Waals surface area (Å²) >= 11 is 0. The average molecular weight is 667 g/mol. The molecule has 0 spiro atoms. The molecule has 250 valence electrons. The molecular formula is C37H42N6O4S. The summed E-state index contributed by atoms with van der Waals surface area (Å²) in [6.07, 6.45) is 5.36. The molecule has 0 radical (unpaired) electrons. The van der Waals surface area contributed by atoms with E-state index in [2.05, 4.69) is 38.5 Å². The first kappa shape index (κ1) is 33.4. The minimum atomic E-state index is -3.85. The quantitative estimate of drug-likeness (QED) is 0.173. The number of fused-ring (bicyclic) bond motifs is 2. The van der Waals surface area contributed by atoms with E-state index in [9.17, 15) is 13.2 Å². The number of para-hydroxylation sites is 1. The standard InChI is InChI=1S/C37H42N6O4S/c1-7-29-22-42(48(45,46)33-12-10-9-11-32(33)47-29)21-28-18-27(14-13-24(28)3)35(37(5,6)34(44)17-26-19-38-23-39-20-26)30-15-16-31-36(25(30)4)40-41-43(31)8-2/h9-16,18-20,23,29,35H,7-8,17,21-22H2,1-6H3/t29-,35+/m1/s1. The molecule has 6 rings (SSSR count). The number of rotatable bonds is 10. The first-order valence-corrected chi connectivity index (χ1v) is 17.8. The summed E-state index contributed by atoms with van der Waals surface area (Å²) in [5.41, 5.74) is 6.27. The van der Waals surface area contributed by atoms with Gasteiger partial charge in [0.15, 0.2) is 0 Å². The van der Waals surface area contributed by atoms with Gasteiger partial charge in [-0.1, -0.05) is 62.4 Å². The third-order valence-electron chi connectivity index (χ3n) is 9.69. The number of aromatic nitrogens is 5. The Labute approximate surface area is 282 Å². The monoisotopic (exact) mass is 666 g/mol. The topological polar surface area (TPSA) is 120 Å². The van der Waals surface area contributed by atoms with E-state index in [0.717, 1.165) is 44.4 Å². The number of sulfonamides is 1. The smallest absolute Gasteiger partial charge is 0.247 e. The number of ketones is 1. The summed E-state index contributed by atoms with van der Waals surface area (Å²) in [4.78, 5) is 22.6. The molecule has 0 aliphatic carbocycles. The van der Waals surface area contributed by atoms with Crippen molar-refractivity contribution in [3.05, 3.63) is 107 Å². The average Bonchev–Trinajstić information content (AvgIpc) is 3.46. The van der Waals surface area contributed by atoms with Gasteiger partial charge in [0.2, 0.25) is 10.0 Å². The van der Waals surface area contributed by atoms with Gasteiger partial charge in [-0.2, -0.15) is 4.31 Å². The molecule has 10 nitrogen and oxygen atoms in total. The van der Waals surface area contributed by atoms with Crippen LogP contribution in [0.2, 0.25) is 0 Å². The van der Waals surface area contributed by atoms with Crippen molar-refractivity contribution in [1.82, 2.24) is 29.3 Å². The molecule has 2 aromatic heterocycles. The van der Waals surface area contributed by atoms with Gasteiger partial charge in [0.05, 0.1) is 12.1 Å². The van der Waals surface area contributed by atoms with E-state index in [1.807, 2.05) is 58.4 Å². The Morgan fingerprint density at radius 3 is 2.52 bits per heavy atom. The van der Waals surface area contributed by atoms with Crippen molar-refractivity contribution in [2.45, 2.75) is 84.4 Å². The number of aryl methyl sites for hydroxylation is 3. The van der Waals surface area contributed by atoms with E-state index < -0.39 is 15.4 Å². The molecule has 11 heteroatoms. The summed E-state index contributed by atoms with van der Waals surface area (Å²) in [5, 5.41) is 8.87. The van der Waals surface area contributed by atoms with Crippen LogP contribution in [-0.4, -0.2) is 56.1 Å². The SMILES string of the molecule is CC[C@@H]1CN(Cc2cc([C@@H](c3ccc4c(nnn4CC)c3C)C(C)(C)C(=O)Cc3cncnc3)ccc2C)S(=O)(=O)c2ccccc2O1. The Morgan fingerprint density at radius 1 is 1.04 bits per heavy atom. The van der Waals surface area contributed by atoms with Crippen LogP contribution in [0.1, 0.15) is 73.4 Å². The molecular weight excluding hydrogens is 625 g/mol. The zero-order valence-electron chi connectivity index (χ0n) is 28.3. The van der Waals surface area contributed by atoms with Crippen LogP contribution in [-0.2, 0) is 34.3 Å². The van der Waals surface area contributed by atoms with Gasteiger partial charge in [0, 0.05) is 43.2 Å². The second-order valence-corrected chi connectivity index (χ2v) is 15.0. The van der Waals surface area contributed by atoms with Crippen LogP contribution in [0, 0.1) is 19.3 Å². The summed E-state index contributed by atoms with van der Waals surface area (Å²) in [5.74, 6) is 0.0430. The van der Waals surface area contributed by atoms with Crippen LogP contribution in [0.5, 0.6) is 5.75 Å². The number of carbonyl (C=O) groups is 1. The fourth-order valence-electron chi connectivity index (χ4n) is 6.74. The minimum absolute atomic E-state index is 0.0378. The second-order valence-electron chi connectivity index (χ2n) is 13.1. The first-order chi connectivity index (χ1) is 22.9. The number of hydrogen-bond acceptors (Lipinski definition) is 8. The highest BCUT2D eigenvalue weighted by Crippen LogP contribution is 2.45. The van der Waals surface area contributed by atoms with E-state index in [4.69, 9.17) is 4.74 Å². The number of ether oxygens (including phenoxy) is 1. The molecule has 0 fully saturated rings. The highest BCUT2D eigenvalue weighted by atomic mass is 32.2. The molecule has 48 heavy (non-hydrogen) atoms. The highest BCUT2D eigenvalue weighted by Gasteiger charge is 2.40. The molecule has 0 saturated heterocycles. The fourth-order valence-corrected chi connectivity index (χ4v) is 8.32. The van der Waals surface area contributed by atoms with Crippen LogP contribution in [0.4, 0.5) is 0 Å². The molecule has 3 heterocycles. The van der Waals surface area contributed by atoms with Gasteiger partial charge in [0.25, 0.3) is 0 Å².